The Balaban J connectivity index is 2.29. The molecule has 1 aliphatic rings. The van der Waals surface area contributed by atoms with E-state index >= 15 is 0 Å². The maximum Gasteiger partial charge on any atom is 0.269 e. The summed E-state index contributed by atoms with van der Waals surface area (Å²) in [5.74, 6) is 0. The molecule has 92 valence electrons. The molecule has 0 atom stereocenters. The van der Waals surface area contributed by atoms with Gasteiger partial charge in [-0.1, -0.05) is 6.92 Å². The minimum atomic E-state index is -0.345. The minimum absolute atomic E-state index is 0.166. The number of aryl methyl sites for hydroxylation is 1. The lowest BCUT2D eigenvalue weighted by atomic mass is 10.1. The zero-order valence-electron chi connectivity index (χ0n) is 9.89. The van der Waals surface area contributed by atoms with Crippen LogP contribution in [-0.4, -0.2) is 31.2 Å². The molecule has 0 aromatic heterocycles. The second kappa shape index (κ2) is 5.14. The van der Waals surface area contributed by atoms with E-state index in [1.54, 1.807) is 12.1 Å². The summed E-state index contributed by atoms with van der Waals surface area (Å²) in [5, 5.41) is 10.7. The predicted molar refractivity (Wildman–Crippen MR) is 65.5 cm³/mol. The molecule has 0 bridgehead atoms. The van der Waals surface area contributed by atoms with Crippen molar-refractivity contribution in [3.05, 3.63) is 33.9 Å². The summed E-state index contributed by atoms with van der Waals surface area (Å²) in [6, 6.07) is 5.09. The highest BCUT2D eigenvalue weighted by molar-refractivity contribution is 5.58. The van der Waals surface area contributed by atoms with E-state index in [0.717, 1.165) is 44.0 Å². The van der Waals surface area contributed by atoms with E-state index in [9.17, 15) is 10.1 Å². The third-order valence-electron chi connectivity index (χ3n) is 3.01. The Hall–Kier alpha value is -1.62. The summed E-state index contributed by atoms with van der Waals surface area (Å²) in [4.78, 5) is 12.6. The zero-order valence-corrected chi connectivity index (χ0v) is 9.89. The Bertz CT molecular complexity index is 414. The van der Waals surface area contributed by atoms with E-state index < -0.39 is 0 Å². The van der Waals surface area contributed by atoms with Gasteiger partial charge in [-0.15, -0.1) is 0 Å². The van der Waals surface area contributed by atoms with E-state index in [0.29, 0.717) is 0 Å². The molecule has 0 unspecified atom stereocenters. The average molecular weight is 236 g/mol. The van der Waals surface area contributed by atoms with Crippen LogP contribution < -0.4 is 4.90 Å². The van der Waals surface area contributed by atoms with Crippen molar-refractivity contribution < 1.29 is 9.66 Å². The van der Waals surface area contributed by atoms with Crippen LogP contribution in [0.5, 0.6) is 0 Å². The summed E-state index contributed by atoms with van der Waals surface area (Å²) >= 11 is 0. The number of hydrogen-bond donors (Lipinski definition) is 0. The predicted octanol–water partition coefficient (Wildman–Crippen LogP) is 1.99. The molecule has 0 amide bonds. The first-order valence-electron chi connectivity index (χ1n) is 5.82. The van der Waals surface area contributed by atoms with E-state index in [1.807, 2.05) is 13.0 Å². The van der Waals surface area contributed by atoms with Crippen LogP contribution in [0, 0.1) is 10.1 Å². The summed E-state index contributed by atoms with van der Waals surface area (Å²) in [5.41, 5.74) is 2.29. The molecule has 0 N–H and O–H groups in total. The fourth-order valence-electron chi connectivity index (χ4n) is 2.08. The lowest BCUT2D eigenvalue weighted by Gasteiger charge is -2.30. The molecule has 2 rings (SSSR count). The van der Waals surface area contributed by atoms with Gasteiger partial charge in [-0.05, 0) is 18.1 Å². The van der Waals surface area contributed by atoms with Crippen molar-refractivity contribution in [3.63, 3.8) is 0 Å². The molecule has 5 heteroatoms. The molecule has 1 aromatic rings. The Morgan fingerprint density at radius 1 is 1.41 bits per heavy atom. The maximum absolute atomic E-state index is 10.7. The van der Waals surface area contributed by atoms with Crippen LogP contribution in [0.4, 0.5) is 11.4 Å². The minimum Gasteiger partial charge on any atom is -0.378 e. The zero-order chi connectivity index (χ0) is 12.3. The van der Waals surface area contributed by atoms with Gasteiger partial charge in [0.05, 0.1) is 18.1 Å². The summed E-state index contributed by atoms with van der Waals surface area (Å²) in [6.45, 7) is 5.17. The molecule has 0 spiro atoms. The van der Waals surface area contributed by atoms with Crippen molar-refractivity contribution in [1.82, 2.24) is 0 Å². The Morgan fingerprint density at radius 2 is 2.12 bits per heavy atom. The van der Waals surface area contributed by atoms with Crippen LogP contribution >= 0.6 is 0 Å². The van der Waals surface area contributed by atoms with Crippen molar-refractivity contribution in [2.24, 2.45) is 0 Å². The van der Waals surface area contributed by atoms with Crippen LogP contribution in [0.15, 0.2) is 18.2 Å². The number of hydrogen-bond acceptors (Lipinski definition) is 4. The SMILES string of the molecule is CCc1cc([N+](=O)[O-])ccc1N1CCOCC1. The largest absolute Gasteiger partial charge is 0.378 e. The van der Waals surface area contributed by atoms with Crippen molar-refractivity contribution >= 4 is 11.4 Å². The lowest BCUT2D eigenvalue weighted by Crippen LogP contribution is -2.36. The standard InChI is InChI=1S/C12H16N2O3/c1-2-10-9-11(14(15)16)3-4-12(10)13-5-7-17-8-6-13/h3-4,9H,2,5-8H2,1H3. The number of ether oxygens (including phenoxy) is 1. The van der Waals surface area contributed by atoms with Gasteiger partial charge in [0.15, 0.2) is 0 Å². The van der Waals surface area contributed by atoms with Crippen LogP contribution in [0.3, 0.4) is 0 Å². The third-order valence-corrected chi connectivity index (χ3v) is 3.01. The molecule has 5 nitrogen and oxygen atoms in total. The van der Waals surface area contributed by atoms with Crippen molar-refractivity contribution in [2.75, 3.05) is 31.2 Å². The number of benzene rings is 1. The number of nitro groups is 1. The number of morpholine rings is 1. The number of nitro benzene ring substituents is 1. The average Bonchev–Trinajstić information content (AvgIpc) is 2.39. The number of anilines is 1. The van der Waals surface area contributed by atoms with Crippen molar-refractivity contribution in [2.45, 2.75) is 13.3 Å². The molecule has 1 aromatic carbocycles. The maximum atomic E-state index is 10.7. The van der Waals surface area contributed by atoms with Gasteiger partial charge in [0, 0.05) is 30.9 Å². The Kier molecular flexibility index (Phi) is 3.58. The van der Waals surface area contributed by atoms with Crippen LogP contribution in [0.2, 0.25) is 0 Å². The van der Waals surface area contributed by atoms with E-state index in [1.165, 1.54) is 0 Å². The third kappa shape index (κ3) is 2.55. The second-order valence-electron chi connectivity index (χ2n) is 4.02. The summed E-state index contributed by atoms with van der Waals surface area (Å²) in [7, 11) is 0. The van der Waals surface area contributed by atoms with E-state index in [-0.39, 0.29) is 10.6 Å². The molecule has 0 saturated carbocycles. The smallest absolute Gasteiger partial charge is 0.269 e. The van der Waals surface area contributed by atoms with Gasteiger partial charge < -0.3 is 9.64 Å². The normalized spacial score (nSPS) is 15.9. The van der Waals surface area contributed by atoms with Crippen molar-refractivity contribution in [3.8, 4) is 0 Å². The topological polar surface area (TPSA) is 55.6 Å². The molecule has 0 radical (unpaired) electrons. The molecule has 0 aliphatic carbocycles. The number of rotatable bonds is 3. The molecular formula is C12H16N2O3. The molecule has 17 heavy (non-hydrogen) atoms. The summed E-state index contributed by atoms with van der Waals surface area (Å²) in [6.07, 6.45) is 0.800. The van der Waals surface area contributed by atoms with E-state index in [4.69, 9.17) is 4.74 Å². The molecule has 1 aliphatic heterocycles. The van der Waals surface area contributed by atoms with Gasteiger partial charge in [0.2, 0.25) is 0 Å². The fraction of sp³-hybridized carbons (Fsp3) is 0.500. The van der Waals surface area contributed by atoms with Gasteiger partial charge in [0.1, 0.15) is 0 Å². The Morgan fingerprint density at radius 3 is 2.71 bits per heavy atom. The highest BCUT2D eigenvalue weighted by atomic mass is 16.6. The van der Waals surface area contributed by atoms with Gasteiger partial charge in [-0.25, -0.2) is 0 Å². The van der Waals surface area contributed by atoms with E-state index in [2.05, 4.69) is 4.90 Å². The summed E-state index contributed by atoms with van der Waals surface area (Å²) < 4.78 is 5.31. The van der Waals surface area contributed by atoms with Gasteiger partial charge >= 0.3 is 0 Å². The van der Waals surface area contributed by atoms with Gasteiger partial charge in [0.25, 0.3) is 5.69 Å². The van der Waals surface area contributed by atoms with Crippen LogP contribution in [0.25, 0.3) is 0 Å². The first-order chi connectivity index (χ1) is 8.22. The molecular weight excluding hydrogens is 220 g/mol. The molecule has 1 fully saturated rings. The monoisotopic (exact) mass is 236 g/mol. The highest BCUT2D eigenvalue weighted by Gasteiger charge is 2.16. The highest BCUT2D eigenvalue weighted by Crippen LogP contribution is 2.26. The quantitative estimate of drug-likeness (QED) is 0.595. The second-order valence-corrected chi connectivity index (χ2v) is 4.02. The van der Waals surface area contributed by atoms with Crippen molar-refractivity contribution in [1.29, 1.82) is 0 Å². The lowest BCUT2D eigenvalue weighted by molar-refractivity contribution is -0.384. The molecule has 1 saturated heterocycles. The number of nitrogens with zero attached hydrogens (tertiary/aromatic N) is 2. The number of non-ortho nitro benzene ring substituents is 1. The molecule has 1 heterocycles. The Labute approximate surface area is 100 Å². The first kappa shape index (κ1) is 11.9. The van der Waals surface area contributed by atoms with Crippen LogP contribution in [0.1, 0.15) is 12.5 Å². The fourth-order valence-corrected chi connectivity index (χ4v) is 2.08. The van der Waals surface area contributed by atoms with Gasteiger partial charge in [-0.3, -0.25) is 10.1 Å². The van der Waals surface area contributed by atoms with Gasteiger partial charge in [-0.2, -0.15) is 0 Å². The van der Waals surface area contributed by atoms with Crippen LogP contribution in [-0.2, 0) is 11.2 Å². The first-order valence-corrected chi connectivity index (χ1v) is 5.82.